The highest BCUT2D eigenvalue weighted by Crippen LogP contribution is 2.34. The monoisotopic (exact) mass is 252 g/mol. The number of nitriles is 2. The van der Waals surface area contributed by atoms with Gasteiger partial charge in [0, 0.05) is 4.75 Å². The molecule has 0 fully saturated rings. The highest BCUT2D eigenvalue weighted by Gasteiger charge is 2.19. The van der Waals surface area contributed by atoms with E-state index in [0.29, 0.717) is 5.03 Å². The molecule has 0 aliphatic heterocycles. The Morgan fingerprint density at radius 3 is 2.06 bits per heavy atom. The zero-order chi connectivity index (χ0) is 12.3. The second kappa shape index (κ2) is 4.69. The molecule has 0 amide bonds. The third kappa shape index (κ3) is 3.10. The van der Waals surface area contributed by atoms with Gasteiger partial charge in [0.2, 0.25) is 0 Å². The minimum absolute atomic E-state index is 0.0126. The number of rotatable bonds is 1. The second-order valence-corrected chi connectivity index (χ2v) is 6.13. The fourth-order valence-electron chi connectivity index (χ4n) is 0.910. The maximum Gasteiger partial charge on any atom is 0.178 e. The molecule has 0 bridgehead atoms. The Bertz CT molecular complexity index is 493. The summed E-state index contributed by atoms with van der Waals surface area (Å²) in [5.41, 5.74) is -0.0237. The van der Waals surface area contributed by atoms with E-state index in [-0.39, 0.29) is 21.3 Å². The normalized spacial score (nSPS) is 10.6. The van der Waals surface area contributed by atoms with E-state index in [1.807, 2.05) is 26.8 Å². The highest BCUT2D eigenvalue weighted by molar-refractivity contribution is 8.00. The van der Waals surface area contributed by atoms with Crippen LogP contribution < -0.4 is 0 Å². The van der Waals surface area contributed by atoms with Crippen molar-refractivity contribution in [3.05, 3.63) is 16.5 Å². The van der Waals surface area contributed by atoms with Gasteiger partial charge in [-0.15, -0.1) is 0 Å². The van der Waals surface area contributed by atoms with Crippen molar-refractivity contribution >= 4 is 23.4 Å². The van der Waals surface area contributed by atoms with Gasteiger partial charge in [0.25, 0.3) is 0 Å². The average molecular weight is 253 g/mol. The molecule has 0 aliphatic carbocycles. The van der Waals surface area contributed by atoms with Crippen LogP contribution in [0.5, 0.6) is 0 Å². The molecule has 82 valence electrons. The van der Waals surface area contributed by atoms with Crippen molar-refractivity contribution in [1.82, 2.24) is 9.97 Å². The first-order valence-electron chi connectivity index (χ1n) is 4.44. The van der Waals surface area contributed by atoms with Gasteiger partial charge >= 0.3 is 0 Å². The second-order valence-electron chi connectivity index (χ2n) is 3.95. The summed E-state index contributed by atoms with van der Waals surface area (Å²) in [6.07, 6.45) is 0. The Hall–Kier alpha value is -1.30. The van der Waals surface area contributed by atoms with Crippen molar-refractivity contribution in [1.29, 1.82) is 10.5 Å². The van der Waals surface area contributed by atoms with Crippen LogP contribution in [-0.2, 0) is 0 Å². The van der Waals surface area contributed by atoms with E-state index in [1.165, 1.54) is 11.8 Å². The smallest absolute Gasteiger partial charge is 0.178 e. The van der Waals surface area contributed by atoms with Gasteiger partial charge in [0.05, 0.1) is 0 Å². The molecule has 16 heavy (non-hydrogen) atoms. The van der Waals surface area contributed by atoms with E-state index >= 15 is 0 Å². The number of hydrogen-bond donors (Lipinski definition) is 0. The Labute approximate surface area is 103 Å². The van der Waals surface area contributed by atoms with E-state index in [4.69, 9.17) is 22.1 Å². The SMILES string of the molecule is CC(C)(C)Sc1nc(C#N)c(C#N)nc1Cl. The fraction of sp³-hybridized carbons (Fsp3) is 0.400. The van der Waals surface area contributed by atoms with Crippen LogP contribution in [0.2, 0.25) is 5.15 Å². The van der Waals surface area contributed by atoms with Crippen molar-refractivity contribution in [2.24, 2.45) is 0 Å². The molecule has 0 saturated heterocycles. The van der Waals surface area contributed by atoms with Crippen molar-refractivity contribution < 1.29 is 0 Å². The van der Waals surface area contributed by atoms with Crippen molar-refractivity contribution in [3.63, 3.8) is 0 Å². The first-order chi connectivity index (χ1) is 7.37. The van der Waals surface area contributed by atoms with Crippen LogP contribution in [0.3, 0.4) is 0 Å². The van der Waals surface area contributed by atoms with Gasteiger partial charge in [-0.3, -0.25) is 0 Å². The summed E-state index contributed by atoms with van der Waals surface area (Å²) < 4.78 is -0.0841. The molecule has 0 atom stereocenters. The van der Waals surface area contributed by atoms with Crippen LogP contribution in [0, 0.1) is 22.7 Å². The number of halogens is 1. The summed E-state index contributed by atoms with van der Waals surface area (Å²) in [5.74, 6) is 0. The van der Waals surface area contributed by atoms with E-state index in [1.54, 1.807) is 6.07 Å². The van der Waals surface area contributed by atoms with Gasteiger partial charge in [-0.05, 0) is 0 Å². The van der Waals surface area contributed by atoms with E-state index < -0.39 is 0 Å². The number of aromatic nitrogens is 2. The Morgan fingerprint density at radius 1 is 1.12 bits per heavy atom. The average Bonchev–Trinajstić information content (AvgIpc) is 2.18. The van der Waals surface area contributed by atoms with E-state index in [0.717, 1.165) is 0 Å². The molecule has 0 aromatic carbocycles. The zero-order valence-electron chi connectivity index (χ0n) is 9.08. The van der Waals surface area contributed by atoms with Gasteiger partial charge in [-0.1, -0.05) is 44.1 Å². The minimum Gasteiger partial charge on any atom is -0.224 e. The molecule has 1 heterocycles. The maximum absolute atomic E-state index is 8.81. The molecule has 0 radical (unpaired) electrons. The Balaban J connectivity index is 3.25. The minimum atomic E-state index is -0.0841. The number of thioether (sulfide) groups is 1. The summed E-state index contributed by atoms with van der Waals surface area (Å²) in [5, 5.41) is 18.2. The zero-order valence-corrected chi connectivity index (χ0v) is 10.6. The maximum atomic E-state index is 8.81. The fourth-order valence-corrected chi connectivity index (χ4v) is 2.00. The lowest BCUT2D eigenvalue weighted by molar-refractivity contribution is 0.797. The van der Waals surface area contributed by atoms with Crippen molar-refractivity contribution in [2.75, 3.05) is 0 Å². The lowest BCUT2D eigenvalue weighted by atomic mass is 10.3. The van der Waals surface area contributed by atoms with Gasteiger partial charge in [-0.2, -0.15) is 10.5 Å². The molecule has 1 rings (SSSR count). The summed E-state index contributed by atoms with van der Waals surface area (Å²) in [7, 11) is 0. The van der Waals surface area contributed by atoms with Crippen LogP contribution in [-0.4, -0.2) is 14.7 Å². The molecule has 0 N–H and O–H groups in total. The topological polar surface area (TPSA) is 73.4 Å². The third-order valence-electron chi connectivity index (χ3n) is 1.44. The summed E-state index contributed by atoms with van der Waals surface area (Å²) in [6.45, 7) is 6.00. The molecule has 6 heteroatoms. The quantitative estimate of drug-likeness (QED) is 0.719. The lowest BCUT2D eigenvalue weighted by Gasteiger charge is -2.17. The summed E-state index contributed by atoms with van der Waals surface area (Å²) in [4.78, 5) is 7.88. The lowest BCUT2D eigenvalue weighted by Crippen LogP contribution is -2.09. The molecule has 1 aromatic rings. The first-order valence-corrected chi connectivity index (χ1v) is 5.63. The van der Waals surface area contributed by atoms with Gasteiger partial charge in [0.15, 0.2) is 16.5 Å². The Morgan fingerprint density at radius 2 is 1.62 bits per heavy atom. The molecule has 0 unspecified atom stereocenters. The van der Waals surface area contributed by atoms with Crippen LogP contribution in [0.4, 0.5) is 0 Å². The van der Waals surface area contributed by atoms with Gasteiger partial charge in [0.1, 0.15) is 17.2 Å². The molecule has 0 aliphatic rings. The molecule has 4 nitrogen and oxygen atoms in total. The van der Waals surface area contributed by atoms with Crippen LogP contribution in [0.1, 0.15) is 32.2 Å². The third-order valence-corrected chi connectivity index (χ3v) is 2.90. The number of hydrogen-bond acceptors (Lipinski definition) is 5. The van der Waals surface area contributed by atoms with Gasteiger partial charge in [-0.25, -0.2) is 9.97 Å². The van der Waals surface area contributed by atoms with Crippen LogP contribution >= 0.6 is 23.4 Å². The van der Waals surface area contributed by atoms with Crippen molar-refractivity contribution in [2.45, 2.75) is 30.5 Å². The molecular weight excluding hydrogens is 244 g/mol. The predicted molar refractivity (Wildman–Crippen MR) is 62.1 cm³/mol. The predicted octanol–water partition coefficient (Wildman–Crippen LogP) is 2.76. The molecule has 0 spiro atoms. The van der Waals surface area contributed by atoms with Crippen molar-refractivity contribution in [3.8, 4) is 12.1 Å². The molecule has 1 aromatic heterocycles. The highest BCUT2D eigenvalue weighted by atomic mass is 35.5. The molecular formula is C10H9ClN4S. The summed E-state index contributed by atoms with van der Waals surface area (Å²) in [6, 6.07) is 3.62. The standard InChI is InChI=1S/C10H9ClN4S/c1-10(2,3)16-9-8(11)14-6(4-12)7(5-13)15-9/h1-3H3. The number of nitrogens with zero attached hydrogens (tertiary/aromatic N) is 4. The van der Waals surface area contributed by atoms with E-state index in [9.17, 15) is 0 Å². The van der Waals surface area contributed by atoms with Crippen LogP contribution in [0.15, 0.2) is 5.03 Å². The largest absolute Gasteiger partial charge is 0.224 e. The Kier molecular flexibility index (Phi) is 3.74. The van der Waals surface area contributed by atoms with Gasteiger partial charge < -0.3 is 0 Å². The van der Waals surface area contributed by atoms with E-state index in [2.05, 4.69) is 9.97 Å². The van der Waals surface area contributed by atoms with Crippen LogP contribution in [0.25, 0.3) is 0 Å². The molecule has 0 saturated carbocycles. The first kappa shape index (κ1) is 12.8. The summed E-state index contributed by atoms with van der Waals surface area (Å²) >= 11 is 7.30.